The highest BCUT2D eigenvalue weighted by Crippen LogP contribution is 2.21. The summed E-state index contributed by atoms with van der Waals surface area (Å²) < 4.78 is 0. The second-order valence-electron chi connectivity index (χ2n) is 3.82. The molecule has 1 amide bonds. The fraction of sp³-hybridized carbons (Fsp3) is 0.462. The predicted octanol–water partition coefficient (Wildman–Crippen LogP) is 2.88. The minimum Gasteiger partial charge on any atom is -0.344 e. The molecule has 1 aromatic rings. The summed E-state index contributed by atoms with van der Waals surface area (Å²) in [6.07, 6.45) is 0.815. The van der Waals surface area contributed by atoms with Crippen molar-refractivity contribution < 1.29 is 4.79 Å². The number of alkyl halides is 1. The molecule has 1 unspecified atom stereocenters. The largest absolute Gasteiger partial charge is 0.344 e. The van der Waals surface area contributed by atoms with Crippen molar-refractivity contribution in [2.45, 2.75) is 19.3 Å². The summed E-state index contributed by atoms with van der Waals surface area (Å²) in [6.45, 7) is 2.63. The monoisotopic (exact) mass is 239 g/mol. The quantitative estimate of drug-likeness (QED) is 0.724. The Hall–Kier alpha value is -1.02. The molecule has 0 aliphatic rings. The van der Waals surface area contributed by atoms with Crippen molar-refractivity contribution in [3.63, 3.8) is 0 Å². The fourth-order valence-electron chi connectivity index (χ4n) is 1.74. The van der Waals surface area contributed by atoms with Crippen molar-refractivity contribution in [1.29, 1.82) is 0 Å². The lowest BCUT2D eigenvalue weighted by Gasteiger charge is -2.22. The van der Waals surface area contributed by atoms with E-state index in [0.29, 0.717) is 12.4 Å². The molecular formula is C13H18ClNO. The molecule has 0 N–H and O–H groups in total. The Morgan fingerprint density at radius 2 is 2.00 bits per heavy atom. The standard InChI is InChI=1S/C13H18ClNO/c1-3-12(11-7-5-4-6-8-11)13(16)15(2)10-9-14/h4-8,12H,3,9-10H2,1-2H3. The molecule has 0 spiro atoms. The van der Waals surface area contributed by atoms with Crippen molar-refractivity contribution in [3.05, 3.63) is 35.9 Å². The highest BCUT2D eigenvalue weighted by Gasteiger charge is 2.21. The van der Waals surface area contributed by atoms with E-state index in [9.17, 15) is 4.79 Å². The maximum absolute atomic E-state index is 12.1. The summed E-state index contributed by atoms with van der Waals surface area (Å²) in [5.74, 6) is 0.580. The summed E-state index contributed by atoms with van der Waals surface area (Å²) in [4.78, 5) is 13.8. The van der Waals surface area contributed by atoms with E-state index in [4.69, 9.17) is 11.6 Å². The molecule has 16 heavy (non-hydrogen) atoms. The number of benzene rings is 1. The summed E-state index contributed by atoms with van der Waals surface area (Å²) in [5.41, 5.74) is 1.08. The number of hydrogen-bond donors (Lipinski definition) is 0. The molecule has 0 radical (unpaired) electrons. The van der Waals surface area contributed by atoms with Gasteiger partial charge >= 0.3 is 0 Å². The van der Waals surface area contributed by atoms with E-state index >= 15 is 0 Å². The number of hydrogen-bond acceptors (Lipinski definition) is 1. The molecule has 1 rings (SSSR count). The van der Waals surface area contributed by atoms with Gasteiger partial charge < -0.3 is 4.90 Å². The molecule has 3 heteroatoms. The Bertz CT molecular complexity index is 326. The average Bonchev–Trinajstić information content (AvgIpc) is 2.31. The molecule has 0 aliphatic carbocycles. The van der Waals surface area contributed by atoms with Crippen LogP contribution in [0.15, 0.2) is 30.3 Å². The number of amides is 1. The summed E-state index contributed by atoms with van der Waals surface area (Å²) in [6, 6.07) is 9.89. The van der Waals surface area contributed by atoms with Crippen LogP contribution in [0.4, 0.5) is 0 Å². The third kappa shape index (κ3) is 3.24. The van der Waals surface area contributed by atoms with Crippen molar-refractivity contribution in [1.82, 2.24) is 4.90 Å². The summed E-state index contributed by atoms with van der Waals surface area (Å²) >= 11 is 5.64. The highest BCUT2D eigenvalue weighted by atomic mass is 35.5. The molecule has 1 atom stereocenters. The number of halogens is 1. The lowest BCUT2D eigenvalue weighted by Crippen LogP contribution is -2.33. The van der Waals surface area contributed by atoms with Crippen LogP contribution in [0.3, 0.4) is 0 Å². The first kappa shape index (κ1) is 13.0. The van der Waals surface area contributed by atoms with Crippen LogP contribution in [-0.2, 0) is 4.79 Å². The fourth-order valence-corrected chi connectivity index (χ4v) is 1.99. The molecule has 1 aromatic carbocycles. The van der Waals surface area contributed by atoms with Gasteiger partial charge in [0.2, 0.25) is 5.91 Å². The van der Waals surface area contributed by atoms with E-state index in [-0.39, 0.29) is 11.8 Å². The van der Waals surface area contributed by atoms with Crippen molar-refractivity contribution in [2.24, 2.45) is 0 Å². The first-order valence-electron chi connectivity index (χ1n) is 5.56. The first-order valence-corrected chi connectivity index (χ1v) is 6.10. The van der Waals surface area contributed by atoms with E-state index in [2.05, 4.69) is 0 Å². The lowest BCUT2D eigenvalue weighted by molar-refractivity contribution is -0.131. The van der Waals surface area contributed by atoms with Crippen LogP contribution in [0.25, 0.3) is 0 Å². The Morgan fingerprint density at radius 1 is 1.38 bits per heavy atom. The second kappa shape index (κ2) is 6.54. The Morgan fingerprint density at radius 3 is 2.50 bits per heavy atom. The minimum atomic E-state index is -0.0468. The van der Waals surface area contributed by atoms with E-state index in [1.165, 1.54) is 0 Å². The van der Waals surface area contributed by atoms with Crippen molar-refractivity contribution in [2.75, 3.05) is 19.5 Å². The zero-order valence-corrected chi connectivity index (χ0v) is 10.6. The van der Waals surface area contributed by atoms with Crippen LogP contribution in [0.1, 0.15) is 24.8 Å². The van der Waals surface area contributed by atoms with Gasteiger partial charge in [-0.05, 0) is 12.0 Å². The first-order chi connectivity index (χ1) is 7.70. The molecule has 0 saturated heterocycles. The number of carbonyl (C=O) groups excluding carboxylic acids is 1. The van der Waals surface area contributed by atoms with Gasteiger partial charge in [-0.2, -0.15) is 0 Å². The molecule has 2 nitrogen and oxygen atoms in total. The van der Waals surface area contributed by atoms with E-state index in [1.54, 1.807) is 11.9 Å². The van der Waals surface area contributed by atoms with Gasteiger partial charge in [0.25, 0.3) is 0 Å². The summed E-state index contributed by atoms with van der Waals surface area (Å²) in [5, 5.41) is 0. The SMILES string of the molecule is CCC(C(=O)N(C)CCCl)c1ccccc1. The van der Waals surface area contributed by atoms with Gasteiger partial charge in [0.15, 0.2) is 0 Å². The maximum Gasteiger partial charge on any atom is 0.229 e. The molecule has 88 valence electrons. The zero-order valence-electron chi connectivity index (χ0n) is 9.82. The van der Waals surface area contributed by atoms with Gasteiger partial charge in [-0.1, -0.05) is 37.3 Å². The van der Waals surface area contributed by atoms with Crippen LogP contribution in [0.5, 0.6) is 0 Å². The number of likely N-dealkylation sites (N-methyl/N-ethyl adjacent to an activating group) is 1. The van der Waals surface area contributed by atoms with Crippen molar-refractivity contribution >= 4 is 17.5 Å². The molecule has 0 bridgehead atoms. The smallest absolute Gasteiger partial charge is 0.229 e. The maximum atomic E-state index is 12.1. The second-order valence-corrected chi connectivity index (χ2v) is 4.20. The summed E-state index contributed by atoms with van der Waals surface area (Å²) in [7, 11) is 1.80. The molecule has 0 aromatic heterocycles. The van der Waals surface area contributed by atoms with E-state index in [1.807, 2.05) is 37.3 Å². The van der Waals surface area contributed by atoms with E-state index in [0.717, 1.165) is 12.0 Å². The number of carbonyl (C=O) groups is 1. The third-order valence-electron chi connectivity index (χ3n) is 2.70. The van der Waals surface area contributed by atoms with Gasteiger partial charge in [-0.3, -0.25) is 4.79 Å². The lowest BCUT2D eigenvalue weighted by atomic mass is 9.95. The van der Waals surface area contributed by atoms with Crippen LogP contribution in [-0.4, -0.2) is 30.3 Å². The minimum absolute atomic E-state index is 0.0468. The van der Waals surface area contributed by atoms with Crippen LogP contribution in [0.2, 0.25) is 0 Å². The predicted molar refractivity (Wildman–Crippen MR) is 67.8 cm³/mol. The van der Waals surface area contributed by atoms with E-state index < -0.39 is 0 Å². The Labute approximate surface area is 102 Å². The third-order valence-corrected chi connectivity index (χ3v) is 2.87. The molecule has 0 heterocycles. The Balaban J connectivity index is 2.79. The number of nitrogens with zero attached hydrogens (tertiary/aromatic N) is 1. The van der Waals surface area contributed by atoms with Gasteiger partial charge in [0.05, 0.1) is 5.92 Å². The highest BCUT2D eigenvalue weighted by molar-refractivity contribution is 6.18. The van der Waals surface area contributed by atoms with Gasteiger partial charge in [0.1, 0.15) is 0 Å². The Kier molecular flexibility index (Phi) is 5.33. The van der Waals surface area contributed by atoms with Crippen molar-refractivity contribution in [3.8, 4) is 0 Å². The average molecular weight is 240 g/mol. The molecule has 0 saturated carbocycles. The molecule has 0 fully saturated rings. The topological polar surface area (TPSA) is 20.3 Å². The van der Waals surface area contributed by atoms with Crippen LogP contribution in [0, 0.1) is 0 Å². The number of rotatable bonds is 5. The molecule has 0 aliphatic heterocycles. The normalized spacial score (nSPS) is 12.2. The van der Waals surface area contributed by atoms with Gasteiger partial charge in [-0.25, -0.2) is 0 Å². The van der Waals surface area contributed by atoms with Crippen LogP contribution < -0.4 is 0 Å². The zero-order chi connectivity index (χ0) is 12.0. The van der Waals surface area contributed by atoms with Gasteiger partial charge in [-0.15, -0.1) is 11.6 Å². The molecular weight excluding hydrogens is 222 g/mol. The van der Waals surface area contributed by atoms with Gasteiger partial charge in [0, 0.05) is 19.5 Å². The van der Waals surface area contributed by atoms with Crippen LogP contribution >= 0.6 is 11.6 Å².